The fourth-order valence-corrected chi connectivity index (χ4v) is 3.24. The molecule has 0 amide bonds. The molecule has 2 heterocycles. The molecule has 0 aliphatic heterocycles. The number of pyridine rings is 1. The van der Waals surface area contributed by atoms with Gasteiger partial charge in [0, 0.05) is 29.1 Å². The molecular formula is C21H17ClF2N4. The summed E-state index contributed by atoms with van der Waals surface area (Å²) in [6.07, 6.45) is 4.29. The minimum atomic E-state index is -0.798. The number of benzene rings is 2. The number of rotatable bonds is 5. The molecule has 4 aromatic rings. The molecule has 28 heavy (non-hydrogen) atoms. The van der Waals surface area contributed by atoms with Crippen LogP contribution in [0.25, 0.3) is 33.4 Å². The molecule has 2 aromatic carbocycles. The lowest BCUT2D eigenvalue weighted by molar-refractivity contribution is 0.585. The molecule has 0 aliphatic rings. The summed E-state index contributed by atoms with van der Waals surface area (Å²) in [5.41, 5.74) is 3.72. The average molecular weight is 399 g/mol. The Morgan fingerprint density at radius 2 is 1.93 bits per heavy atom. The predicted molar refractivity (Wildman–Crippen MR) is 108 cm³/mol. The second kappa shape index (κ2) is 7.56. The van der Waals surface area contributed by atoms with Crippen LogP contribution in [0.15, 0.2) is 48.9 Å². The van der Waals surface area contributed by atoms with E-state index < -0.39 is 11.6 Å². The molecule has 4 rings (SSSR count). The third-order valence-corrected chi connectivity index (χ3v) is 4.74. The van der Waals surface area contributed by atoms with Crippen LogP contribution in [0.2, 0.25) is 5.02 Å². The van der Waals surface area contributed by atoms with Crippen LogP contribution in [-0.2, 0) is 0 Å². The molecule has 7 heteroatoms. The Hall–Kier alpha value is -2.99. The van der Waals surface area contributed by atoms with Gasteiger partial charge in [-0.05, 0) is 30.7 Å². The molecule has 0 saturated carbocycles. The van der Waals surface area contributed by atoms with Gasteiger partial charge in [0.25, 0.3) is 0 Å². The van der Waals surface area contributed by atoms with E-state index in [4.69, 9.17) is 11.6 Å². The molecular weight excluding hydrogens is 382 g/mol. The topological polar surface area (TPSA) is 53.6 Å². The van der Waals surface area contributed by atoms with E-state index in [0.717, 1.165) is 41.2 Å². The molecule has 0 aliphatic carbocycles. The maximum atomic E-state index is 14.3. The molecule has 0 spiro atoms. The van der Waals surface area contributed by atoms with Gasteiger partial charge in [0.05, 0.1) is 40.1 Å². The number of imidazole rings is 1. The first kappa shape index (κ1) is 18.4. The summed E-state index contributed by atoms with van der Waals surface area (Å²) >= 11 is 5.85. The summed E-state index contributed by atoms with van der Waals surface area (Å²) in [5, 5.41) is 4.10. The average Bonchev–Trinajstić information content (AvgIpc) is 3.18. The Kier molecular flexibility index (Phi) is 4.96. The predicted octanol–water partition coefficient (Wildman–Crippen LogP) is 6.05. The Morgan fingerprint density at radius 1 is 1.07 bits per heavy atom. The number of aromatic nitrogens is 3. The van der Waals surface area contributed by atoms with E-state index in [2.05, 4.69) is 27.2 Å². The second-order valence-electron chi connectivity index (χ2n) is 6.43. The van der Waals surface area contributed by atoms with Crippen LogP contribution in [0, 0.1) is 11.6 Å². The van der Waals surface area contributed by atoms with Crippen LogP contribution in [-0.4, -0.2) is 21.5 Å². The summed E-state index contributed by atoms with van der Waals surface area (Å²) < 4.78 is 27.9. The maximum Gasteiger partial charge on any atom is 0.144 e. The van der Waals surface area contributed by atoms with E-state index in [-0.39, 0.29) is 10.6 Å². The molecule has 2 aromatic heterocycles. The van der Waals surface area contributed by atoms with E-state index >= 15 is 0 Å². The summed E-state index contributed by atoms with van der Waals surface area (Å²) in [5.74, 6) is -1.51. The zero-order valence-corrected chi connectivity index (χ0v) is 15.8. The number of halogens is 3. The van der Waals surface area contributed by atoms with Crippen molar-refractivity contribution in [3.05, 3.63) is 65.6 Å². The van der Waals surface area contributed by atoms with E-state index in [1.165, 1.54) is 12.4 Å². The number of H-pyrrole nitrogens is 1. The van der Waals surface area contributed by atoms with Gasteiger partial charge in [-0.15, -0.1) is 0 Å². The smallest absolute Gasteiger partial charge is 0.144 e. The van der Waals surface area contributed by atoms with Gasteiger partial charge in [-0.1, -0.05) is 24.6 Å². The minimum absolute atomic E-state index is 0.147. The van der Waals surface area contributed by atoms with Gasteiger partial charge < -0.3 is 10.3 Å². The van der Waals surface area contributed by atoms with Gasteiger partial charge in [0.15, 0.2) is 0 Å². The summed E-state index contributed by atoms with van der Waals surface area (Å²) in [6, 6.07) is 9.76. The number of hydrogen-bond acceptors (Lipinski definition) is 3. The highest BCUT2D eigenvalue weighted by Gasteiger charge is 2.17. The van der Waals surface area contributed by atoms with Crippen LogP contribution in [0.3, 0.4) is 0 Å². The van der Waals surface area contributed by atoms with Gasteiger partial charge in [-0.3, -0.25) is 4.98 Å². The highest BCUT2D eigenvalue weighted by molar-refractivity contribution is 6.31. The lowest BCUT2D eigenvalue weighted by Gasteiger charge is -2.09. The van der Waals surface area contributed by atoms with Crippen molar-refractivity contribution >= 4 is 28.2 Å². The lowest BCUT2D eigenvalue weighted by atomic mass is 10.0. The van der Waals surface area contributed by atoms with Crippen molar-refractivity contribution < 1.29 is 8.78 Å². The Balaban J connectivity index is 1.79. The first-order valence-corrected chi connectivity index (χ1v) is 9.27. The highest BCUT2D eigenvalue weighted by atomic mass is 35.5. The first-order chi connectivity index (χ1) is 13.6. The Bertz CT molecular complexity index is 1160. The van der Waals surface area contributed by atoms with Gasteiger partial charge in [-0.25, -0.2) is 13.8 Å². The number of nitrogens with zero attached hydrogens (tertiary/aromatic N) is 2. The monoisotopic (exact) mass is 398 g/mol. The molecule has 4 nitrogen and oxygen atoms in total. The van der Waals surface area contributed by atoms with Gasteiger partial charge >= 0.3 is 0 Å². The minimum Gasteiger partial charge on any atom is -0.384 e. The number of hydrogen-bond donors (Lipinski definition) is 2. The van der Waals surface area contributed by atoms with Crippen LogP contribution >= 0.6 is 11.6 Å². The van der Waals surface area contributed by atoms with Crippen molar-refractivity contribution in [3.63, 3.8) is 0 Å². The molecule has 0 atom stereocenters. The highest BCUT2D eigenvalue weighted by Crippen LogP contribution is 2.34. The fraction of sp³-hybridized carbons (Fsp3) is 0.143. The zero-order chi connectivity index (χ0) is 19.7. The van der Waals surface area contributed by atoms with Crippen LogP contribution in [0.5, 0.6) is 0 Å². The quantitative estimate of drug-likeness (QED) is 0.402. The van der Waals surface area contributed by atoms with E-state index in [1.54, 1.807) is 6.20 Å². The standard InChI is InChI=1S/C21H17ClF2N4/c1-2-5-25-14-7-13-6-12(3-4-19(13)26-10-14)20-21(28-11-27-20)15-8-16(22)18(24)9-17(15)23/h3-4,6-11,25H,2,5H2,1H3,(H,27,28). The molecule has 0 fully saturated rings. The molecule has 0 unspecified atom stereocenters. The van der Waals surface area contributed by atoms with E-state index in [9.17, 15) is 8.78 Å². The van der Waals surface area contributed by atoms with Gasteiger partial charge in [-0.2, -0.15) is 0 Å². The van der Waals surface area contributed by atoms with Crippen molar-refractivity contribution in [2.75, 3.05) is 11.9 Å². The first-order valence-electron chi connectivity index (χ1n) is 8.89. The van der Waals surface area contributed by atoms with Gasteiger partial charge in [0.2, 0.25) is 0 Å². The lowest BCUT2D eigenvalue weighted by Crippen LogP contribution is -1.99. The van der Waals surface area contributed by atoms with Crippen molar-refractivity contribution in [2.24, 2.45) is 0 Å². The third-order valence-electron chi connectivity index (χ3n) is 4.45. The number of aromatic amines is 1. The van der Waals surface area contributed by atoms with Gasteiger partial charge in [0.1, 0.15) is 11.6 Å². The summed E-state index contributed by atoms with van der Waals surface area (Å²) in [7, 11) is 0. The zero-order valence-electron chi connectivity index (χ0n) is 15.1. The number of fused-ring (bicyclic) bond motifs is 1. The van der Waals surface area contributed by atoms with Crippen molar-refractivity contribution in [2.45, 2.75) is 13.3 Å². The Labute approximate surface area is 165 Å². The van der Waals surface area contributed by atoms with E-state index in [0.29, 0.717) is 11.4 Å². The van der Waals surface area contributed by atoms with Crippen LogP contribution in [0.4, 0.5) is 14.5 Å². The number of anilines is 1. The van der Waals surface area contributed by atoms with E-state index in [1.807, 2.05) is 24.3 Å². The molecule has 0 saturated heterocycles. The summed E-state index contributed by atoms with van der Waals surface area (Å²) in [6.45, 7) is 2.96. The molecule has 0 bridgehead atoms. The van der Waals surface area contributed by atoms with Crippen molar-refractivity contribution in [3.8, 4) is 22.5 Å². The number of nitrogens with one attached hydrogen (secondary N) is 2. The van der Waals surface area contributed by atoms with Crippen molar-refractivity contribution in [1.29, 1.82) is 0 Å². The fourth-order valence-electron chi connectivity index (χ4n) is 3.08. The Morgan fingerprint density at radius 3 is 2.75 bits per heavy atom. The summed E-state index contributed by atoms with van der Waals surface area (Å²) in [4.78, 5) is 11.7. The maximum absolute atomic E-state index is 14.3. The SMILES string of the molecule is CCCNc1cnc2ccc(-c3nc[nH]c3-c3cc(Cl)c(F)cc3F)cc2c1. The third kappa shape index (κ3) is 3.43. The normalized spacial score (nSPS) is 11.1. The second-order valence-corrected chi connectivity index (χ2v) is 6.84. The molecule has 2 N–H and O–H groups in total. The van der Waals surface area contributed by atoms with Crippen LogP contribution in [0.1, 0.15) is 13.3 Å². The molecule has 0 radical (unpaired) electrons. The molecule has 142 valence electrons. The van der Waals surface area contributed by atoms with Crippen molar-refractivity contribution in [1.82, 2.24) is 15.0 Å². The largest absolute Gasteiger partial charge is 0.384 e. The van der Waals surface area contributed by atoms with Crippen LogP contribution < -0.4 is 5.32 Å².